The molecule has 0 amide bonds. The van der Waals surface area contributed by atoms with E-state index in [1.54, 1.807) is 6.08 Å². The molecular weight excluding hydrogens is 176 g/mol. The molecule has 0 bridgehead atoms. The molecule has 0 saturated carbocycles. The molecule has 0 spiro atoms. The Kier molecular flexibility index (Phi) is 4.08. The summed E-state index contributed by atoms with van der Waals surface area (Å²) in [4.78, 5) is 20.5. The first-order valence-electron chi connectivity index (χ1n) is 4.20. The Balaban J connectivity index is 2.70. The van der Waals surface area contributed by atoms with Crippen LogP contribution in [0.4, 0.5) is 0 Å². The van der Waals surface area contributed by atoms with E-state index >= 15 is 0 Å². The van der Waals surface area contributed by atoms with Crippen LogP contribution in [0.15, 0.2) is 48.1 Å². The number of benzene rings is 1. The normalized spacial score (nSPS) is 9.71. The lowest BCUT2D eigenvalue weighted by atomic mass is 10.2. The van der Waals surface area contributed by atoms with Crippen LogP contribution >= 0.6 is 0 Å². The van der Waals surface area contributed by atoms with Crippen molar-refractivity contribution in [1.29, 1.82) is 0 Å². The van der Waals surface area contributed by atoms with Crippen LogP contribution in [0.2, 0.25) is 0 Å². The Morgan fingerprint density at radius 2 is 1.64 bits per heavy atom. The topological polar surface area (TPSA) is 34.1 Å². The van der Waals surface area contributed by atoms with E-state index in [2.05, 4.69) is 0 Å². The molecule has 1 rings (SSSR count). The second-order valence-corrected chi connectivity index (χ2v) is 2.67. The van der Waals surface area contributed by atoms with E-state index in [4.69, 9.17) is 0 Å². The number of carbonyl (C=O) groups is 2. The Morgan fingerprint density at radius 1 is 1.00 bits per heavy atom. The standard InChI is InChI=1S/C12H10O2/c13-9-12(10-14)8-4-7-11-5-2-1-3-6-11/h1-10H. The van der Waals surface area contributed by atoms with Gasteiger partial charge in [-0.05, 0) is 11.6 Å². The monoisotopic (exact) mass is 186 g/mol. The van der Waals surface area contributed by atoms with Crippen LogP contribution in [-0.4, -0.2) is 12.6 Å². The minimum Gasteiger partial charge on any atom is -0.298 e. The molecule has 70 valence electrons. The molecule has 0 aliphatic heterocycles. The van der Waals surface area contributed by atoms with Crippen LogP contribution in [0.25, 0.3) is 6.08 Å². The summed E-state index contributed by atoms with van der Waals surface area (Å²) in [5.74, 6) is 0. The van der Waals surface area contributed by atoms with E-state index in [0.29, 0.717) is 12.6 Å². The first-order chi connectivity index (χ1) is 6.86. The van der Waals surface area contributed by atoms with Gasteiger partial charge in [0.2, 0.25) is 0 Å². The highest BCUT2D eigenvalue weighted by Gasteiger charge is 1.86. The van der Waals surface area contributed by atoms with Crippen molar-refractivity contribution in [3.05, 3.63) is 53.6 Å². The zero-order valence-corrected chi connectivity index (χ0v) is 7.59. The predicted octanol–water partition coefficient (Wildman–Crippen LogP) is 2.02. The number of carbonyl (C=O) groups excluding carboxylic acids is 2. The van der Waals surface area contributed by atoms with E-state index in [1.165, 1.54) is 6.08 Å². The fraction of sp³-hybridized carbons (Fsp3) is 0. The molecule has 0 unspecified atom stereocenters. The maximum atomic E-state index is 10.2. The van der Waals surface area contributed by atoms with E-state index in [9.17, 15) is 9.59 Å². The van der Waals surface area contributed by atoms with Crippen LogP contribution in [0, 0.1) is 0 Å². The minimum absolute atomic E-state index is 0.136. The lowest BCUT2D eigenvalue weighted by Crippen LogP contribution is -1.82. The van der Waals surface area contributed by atoms with Gasteiger partial charge < -0.3 is 0 Å². The predicted molar refractivity (Wildman–Crippen MR) is 55.7 cm³/mol. The molecule has 1 aromatic carbocycles. The summed E-state index contributed by atoms with van der Waals surface area (Å²) in [5.41, 5.74) is 1.16. The number of allylic oxidation sites excluding steroid dienone is 3. The van der Waals surface area contributed by atoms with E-state index in [0.717, 1.165) is 5.56 Å². The molecule has 2 nitrogen and oxygen atoms in total. The summed E-state index contributed by atoms with van der Waals surface area (Å²) < 4.78 is 0. The highest BCUT2D eigenvalue weighted by atomic mass is 16.1. The molecule has 0 atom stereocenters. The molecule has 0 heterocycles. The zero-order valence-electron chi connectivity index (χ0n) is 7.59. The second kappa shape index (κ2) is 5.65. The molecule has 0 aliphatic rings. The third-order valence-corrected chi connectivity index (χ3v) is 1.65. The van der Waals surface area contributed by atoms with Crippen LogP contribution in [0.3, 0.4) is 0 Å². The Labute approximate surface area is 82.6 Å². The summed E-state index contributed by atoms with van der Waals surface area (Å²) in [6.45, 7) is 0. The van der Waals surface area contributed by atoms with Crippen molar-refractivity contribution in [1.82, 2.24) is 0 Å². The number of aldehydes is 2. The first kappa shape index (κ1) is 10.1. The third kappa shape index (κ3) is 3.19. The van der Waals surface area contributed by atoms with Crippen LogP contribution in [0.1, 0.15) is 5.56 Å². The fourth-order valence-corrected chi connectivity index (χ4v) is 0.941. The third-order valence-electron chi connectivity index (χ3n) is 1.65. The van der Waals surface area contributed by atoms with Gasteiger partial charge >= 0.3 is 0 Å². The molecule has 0 N–H and O–H groups in total. The van der Waals surface area contributed by atoms with Gasteiger partial charge in [-0.1, -0.05) is 42.5 Å². The first-order valence-corrected chi connectivity index (χ1v) is 4.20. The summed E-state index contributed by atoms with van der Waals surface area (Å²) in [7, 11) is 0. The zero-order chi connectivity index (χ0) is 10.2. The Morgan fingerprint density at radius 3 is 2.21 bits per heavy atom. The molecule has 0 aromatic heterocycles. The van der Waals surface area contributed by atoms with Crippen molar-refractivity contribution in [2.24, 2.45) is 0 Å². The molecule has 2 heteroatoms. The molecule has 0 saturated heterocycles. The summed E-state index contributed by atoms with van der Waals surface area (Å²) in [6.07, 6.45) is 6.04. The van der Waals surface area contributed by atoms with Gasteiger partial charge in [-0.3, -0.25) is 9.59 Å². The number of hydrogen-bond acceptors (Lipinski definition) is 2. The quantitative estimate of drug-likeness (QED) is 0.237. The van der Waals surface area contributed by atoms with Gasteiger partial charge in [0.05, 0.1) is 5.57 Å². The lowest BCUT2D eigenvalue weighted by Gasteiger charge is -1.88. The van der Waals surface area contributed by atoms with Gasteiger partial charge in [0.1, 0.15) is 0 Å². The molecule has 14 heavy (non-hydrogen) atoms. The fourth-order valence-electron chi connectivity index (χ4n) is 0.941. The van der Waals surface area contributed by atoms with Crippen molar-refractivity contribution in [3.8, 4) is 0 Å². The van der Waals surface area contributed by atoms with E-state index < -0.39 is 0 Å². The van der Waals surface area contributed by atoms with Gasteiger partial charge in [0.15, 0.2) is 12.6 Å². The van der Waals surface area contributed by atoms with Crippen molar-refractivity contribution < 1.29 is 9.59 Å². The number of rotatable bonds is 4. The molecule has 0 fully saturated rings. The highest BCUT2D eigenvalue weighted by molar-refractivity contribution is 5.99. The van der Waals surface area contributed by atoms with Crippen LogP contribution in [0.5, 0.6) is 0 Å². The van der Waals surface area contributed by atoms with Gasteiger partial charge in [0, 0.05) is 0 Å². The lowest BCUT2D eigenvalue weighted by molar-refractivity contribution is -0.109. The van der Waals surface area contributed by atoms with Gasteiger partial charge in [-0.2, -0.15) is 0 Å². The van der Waals surface area contributed by atoms with Gasteiger partial charge in [0.25, 0.3) is 0 Å². The summed E-state index contributed by atoms with van der Waals surface area (Å²) in [5, 5.41) is 0. The molecule has 0 radical (unpaired) electrons. The Bertz CT molecular complexity index is 351. The average Bonchev–Trinajstić information content (AvgIpc) is 2.26. The van der Waals surface area contributed by atoms with Crippen molar-refractivity contribution in [3.63, 3.8) is 0 Å². The second-order valence-electron chi connectivity index (χ2n) is 2.67. The molecular formula is C12H10O2. The largest absolute Gasteiger partial charge is 0.298 e. The highest BCUT2D eigenvalue weighted by Crippen LogP contribution is 2.01. The molecule has 1 aromatic rings. The maximum Gasteiger partial charge on any atom is 0.153 e. The van der Waals surface area contributed by atoms with Gasteiger partial charge in [-0.25, -0.2) is 0 Å². The SMILES string of the molecule is O=CC(C=O)=CC=Cc1ccccc1. The number of hydrogen-bond donors (Lipinski definition) is 0. The smallest absolute Gasteiger partial charge is 0.153 e. The van der Waals surface area contributed by atoms with E-state index in [1.807, 2.05) is 36.4 Å². The Hall–Kier alpha value is -1.96. The minimum atomic E-state index is 0.136. The van der Waals surface area contributed by atoms with Gasteiger partial charge in [-0.15, -0.1) is 0 Å². The van der Waals surface area contributed by atoms with E-state index in [-0.39, 0.29) is 5.57 Å². The van der Waals surface area contributed by atoms with Crippen LogP contribution in [-0.2, 0) is 9.59 Å². The van der Waals surface area contributed by atoms with Crippen molar-refractivity contribution >= 4 is 18.6 Å². The summed E-state index contributed by atoms with van der Waals surface area (Å²) >= 11 is 0. The van der Waals surface area contributed by atoms with Crippen molar-refractivity contribution in [2.75, 3.05) is 0 Å². The maximum absolute atomic E-state index is 10.2. The molecule has 0 aliphatic carbocycles. The van der Waals surface area contributed by atoms with Crippen molar-refractivity contribution in [2.45, 2.75) is 0 Å². The van der Waals surface area contributed by atoms with Crippen LogP contribution < -0.4 is 0 Å². The average molecular weight is 186 g/mol. The summed E-state index contributed by atoms with van der Waals surface area (Å²) in [6, 6.07) is 9.64.